The van der Waals surface area contributed by atoms with E-state index in [9.17, 15) is 4.79 Å². The molecule has 8 heteroatoms. The van der Waals surface area contributed by atoms with Gasteiger partial charge in [0.15, 0.2) is 5.65 Å². The number of fused-ring (bicyclic) bond motifs is 2. The van der Waals surface area contributed by atoms with Crippen LogP contribution in [-0.4, -0.2) is 74.7 Å². The Morgan fingerprint density at radius 2 is 1.79 bits per heavy atom. The minimum atomic E-state index is 0.223. The summed E-state index contributed by atoms with van der Waals surface area (Å²) >= 11 is 0. The second-order valence-electron chi connectivity index (χ2n) is 9.27. The molecule has 2 aliphatic heterocycles. The van der Waals surface area contributed by atoms with Gasteiger partial charge < -0.3 is 9.80 Å². The highest BCUT2D eigenvalue weighted by atomic mass is 16.2. The summed E-state index contributed by atoms with van der Waals surface area (Å²) in [6, 6.07) is 15.4. The van der Waals surface area contributed by atoms with Gasteiger partial charge in [0.2, 0.25) is 5.91 Å². The monoisotopic (exact) mass is 455 g/mol. The smallest absolute Gasteiger partial charge is 0.236 e. The molecule has 4 heterocycles. The van der Waals surface area contributed by atoms with Crippen LogP contribution in [-0.2, 0) is 11.8 Å². The molecule has 2 fully saturated rings. The van der Waals surface area contributed by atoms with E-state index >= 15 is 0 Å². The molecule has 4 aromatic rings. The predicted molar refractivity (Wildman–Crippen MR) is 133 cm³/mol. The average Bonchev–Trinajstić information content (AvgIpc) is 3.50. The van der Waals surface area contributed by atoms with Crippen LogP contribution in [0, 0.1) is 0 Å². The van der Waals surface area contributed by atoms with Gasteiger partial charge in [-0.3, -0.25) is 14.4 Å². The van der Waals surface area contributed by atoms with Crippen molar-refractivity contribution in [2.24, 2.45) is 7.05 Å². The first-order valence-electron chi connectivity index (χ1n) is 12.1. The number of carbonyl (C=O) groups excluding carboxylic acids is 1. The molecule has 0 aliphatic carbocycles. The molecule has 174 valence electrons. The number of piperazine rings is 1. The predicted octanol–water partition coefficient (Wildman–Crippen LogP) is 3.00. The van der Waals surface area contributed by atoms with Crippen molar-refractivity contribution in [2.75, 3.05) is 44.2 Å². The third kappa shape index (κ3) is 3.68. The number of aromatic nitrogens is 4. The number of hydrogen-bond donors (Lipinski definition) is 0. The summed E-state index contributed by atoms with van der Waals surface area (Å²) in [5.74, 6) is 1.13. The molecule has 8 nitrogen and oxygen atoms in total. The lowest BCUT2D eigenvalue weighted by Crippen LogP contribution is -2.51. The molecular weight excluding hydrogens is 426 g/mol. The van der Waals surface area contributed by atoms with Crippen molar-refractivity contribution in [1.29, 1.82) is 0 Å². The first kappa shape index (κ1) is 21.0. The minimum absolute atomic E-state index is 0.223. The maximum atomic E-state index is 13.3. The average molecular weight is 456 g/mol. The maximum Gasteiger partial charge on any atom is 0.236 e. The highest BCUT2D eigenvalue weighted by Gasteiger charge is 2.31. The zero-order chi connectivity index (χ0) is 23.1. The third-order valence-electron chi connectivity index (χ3n) is 7.32. The fraction of sp³-hybridized carbons (Fsp3) is 0.385. The Balaban J connectivity index is 1.13. The third-order valence-corrected chi connectivity index (χ3v) is 7.32. The molecule has 1 unspecified atom stereocenters. The molecule has 0 saturated carbocycles. The van der Waals surface area contributed by atoms with Crippen LogP contribution in [0.25, 0.3) is 21.8 Å². The van der Waals surface area contributed by atoms with Crippen LogP contribution < -0.4 is 4.90 Å². The second-order valence-corrected chi connectivity index (χ2v) is 9.27. The molecule has 1 atom stereocenters. The Hall–Kier alpha value is -3.52. The number of aryl methyl sites for hydroxylation is 1. The molecule has 6 rings (SSSR count). The van der Waals surface area contributed by atoms with Crippen molar-refractivity contribution in [2.45, 2.75) is 18.9 Å². The van der Waals surface area contributed by atoms with Gasteiger partial charge in [0.05, 0.1) is 18.1 Å². The van der Waals surface area contributed by atoms with Crippen molar-refractivity contribution in [3.8, 4) is 0 Å². The van der Waals surface area contributed by atoms with Gasteiger partial charge in [0, 0.05) is 39.3 Å². The summed E-state index contributed by atoms with van der Waals surface area (Å²) in [5.41, 5.74) is 2.18. The van der Waals surface area contributed by atoms with Crippen LogP contribution in [0.5, 0.6) is 0 Å². The van der Waals surface area contributed by atoms with E-state index in [0.29, 0.717) is 25.7 Å². The lowest BCUT2D eigenvalue weighted by molar-refractivity contribution is -0.133. The Kier molecular flexibility index (Phi) is 5.37. The molecule has 2 saturated heterocycles. The Morgan fingerprint density at radius 3 is 2.68 bits per heavy atom. The van der Waals surface area contributed by atoms with E-state index in [1.165, 1.54) is 16.3 Å². The van der Waals surface area contributed by atoms with Gasteiger partial charge in [-0.15, -0.1) is 0 Å². The maximum absolute atomic E-state index is 13.3. The lowest BCUT2D eigenvalue weighted by Gasteiger charge is -2.36. The number of amides is 1. The summed E-state index contributed by atoms with van der Waals surface area (Å²) in [4.78, 5) is 28.8. The van der Waals surface area contributed by atoms with Crippen molar-refractivity contribution in [3.63, 3.8) is 0 Å². The first-order chi connectivity index (χ1) is 16.7. The van der Waals surface area contributed by atoms with Crippen molar-refractivity contribution >= 4 is 33.5 Å². The molecule has 34 heavy (non-hydrogen) atoms. The summed E-state index contributed by atoms with van der Waals surface area (Å²) < 4.78 is 1.77. The number of rotatable bonds is 4. The quantitative estimate of drug-likeness (QED) is 0.471. The molecule has 2 aliphatic rings. The van der Waals surface area contributed by atoms with Crippen molar-refractivity contribution < 1.29 is 4.79 Å². The standard InChI is InChI=1S/C26H29N7O/c1-30-25-22(16-29-30)26(28-18-27-25)32-14-12-31(13-15-32)24(34)17-33-11-5-10-23(33)21-9-4-7-19-6-2-3-8-20(19)21/h2-4,6-9,16,18,23H,5,10-15,17H2,1H3. The normalized spacial score (nSPS) is 19.4. The van der Waals surface area contributed by atoms with Crippen LogP contribution in [0.4, 0.5) is 5.82 Å². The number of carbonyl (C=O) groups is 1. The van der Waals surface area contributed by atoms with E-state index in [1.807, 2.05) is 18.1 Å². The molecular formula is C26H29N7O. The van der Waals surface area contributed by atoms with Gasteiger partial charge in [-0.25, -0.2) is 9.97 Å². The Bertz CT molecular complexity index is 1340. The van der Waals surface area contributed by atoms with Crippen LogP contribution in [0.1, 0.15) is 24.4 Å². The molecule has 0 spiro atoms. The SMILES string of the molecule is Cn1ncc2c(N3CCN(C(=O)CN4CCCC4c4cccc5ccccc45)CC3)ncnc21. The van der Waals surface area contributed by atoms with Gasteiger partial charge in [-0.1, -0.05) is 42.5 Å². The van der Waals surface area contributed by atoms with Crippen molar-refractivity contribution in [1.82, 2.24) is 29.5 Å². The van der Waals surface area contributed by atoms with Crippen LogP contribution >= 0.6 is 0 Å². The Labute approximate surface area is 198 Å². The van der Waals surface area contributed by atoms with Gasteiger partial charge >= 0.3 is 0 Å². The largest absolute Gasteiger partial charge is 0.352 e. The molecule has 0 N–H and O–H groups in total. The number of likely N-dealkylation sites (tertiary alicyclic amines) is 1. The number of benzene rings is 2. The highest BCUT2D eigenvalue weighted by molar-refractivity contribution is 5.87. The van der Waals surface area contributed by atoms with Crippen LogP contribution in [0.2, 0.25) is 0 Å². The molecule has 1 amide bonds. The fourth-order valence-corrected chi connectivity index (χ4v) is 5.55. The number of nitrogens with zero attached hydrogens (tertiary/aromatic N) is 7. The lowest BCUT2D eigenvalue weighted by atomic mass is 9.97. The number of hydrogen-bond acceptors (Lipinski definition) is 6. The molecule has 0 bridgehead atoms. The van der Waals surface area contributed by atoms with E-state index in [0.717, 1.165) is 49.3 Å². The van der Waals surface area contributed by atoms with Crippen molar-refractivity contribution in [3.05, 3.63) is 60.6 Å². The summed E-state index contributed by atoms with van der Waals surface area (Å²) in [7, 11) is 1.89. The zero-order valence-corrected chi connectivity index (χ0v) is 19.5. The topological polar surface area (TPSA) is 70.4 Å². The van der Waals surface area contributed by atoms with E-state index in [2.05, 4.69) is 67.3 Å². The van der Waals surface area contributed by atoms with Crippen LogP contribution in [0.15, 0.2) is 55.0 Å². The number of anilines is 1. The van der Waals surface area contributed by atoms with E-state index in [-0.39, 0.29) is 5.91 Å². The molecule has 2 aromatic heterocycles. The van der Waals surface area contributed by atoms with Gasteiger partial charge in [0.25, 0.3) is 0 Å². The van der Waals surface area contributed by atoms with Gasteiger partial charge in [-0.05, 0) is 35.7 Å². The Morgan fingerprint density at radius 1 is 0.971 bits per heavy atom. The summed E-state index contributed by atoms with van der Waals surface area (Å²) in [5, 5.41) is 7.84. The second kappa shape index (κ2) is 8.68. The minimum Gasteiger partial charge on any atom is -0.352 e. The summed E-state index contributed by atoms with van der Waals surface area (Å²) in [6.07, 6.45) is 5.65. The van der Waals surface area contributed by atoms with E-state index < -0.39 is 0 Å². The van der Waals surface area contributed by atoms with Gasteiger partial charge in [-0.2, -0.15) is 5.10 Å². The van der Waals surface area contributed by atoms with Gasteiger partial charge in [0.1, 0.15) is 12.1 Å². The molecule has 2 aromatic carbocycles. The van der Waals surface area contributed by atoms with E-state index in [1.54, 1.807) is 11.0 Å². The first-order valence-corrected chi connectivity index (χ1v) is 12.1. The summed E-state index contributed by atoms with van der Waals surface area (Å²) in [6.45, 7) is 4.39. The highest BCUT2D eigenvalue weighted by Crippen LogP contribution is 2.35. The van der Waals surface area contributed by atoms with Crippen LogP contribution in [0.3, 0.4) is 0 Å². The molecule has 0 radical (unpaired) electrons. The fourth-order valence-electron chi connectivity index (χ4n) is 5.55. The zero-order valence-electron chi connectivity index (χ0n) is 19.5. The van der Waals surface area contributed by atoms with E-state index in [4.69, 9.17) is 0 Å².